The standard InChI is InChI=1S/C17H26N3/c1-5-11-20(4)13-14(2)17(12-15(20)3)19-18-16-9-7-6-8-10-16/h5-10,14-15,18H,1,11-13H2,2-4H3/q+1/b19-17+/t14-,15-,20+/m0/s1. The van der Waals surface area contributed by atoms with Crippen molar-refractivity contribution in [2.24, 2.45) is 11.0 Å². The van der Waals surface area contributed by atoms with Crippen molar-refractivity contribution in [1.29, 1.82) is 0 Å². The zero-order valence-electron chi connectivity index (χ0n) is 12.8. The maximum atomic E-state index is 4.64. The van der Waals surface area contributed by atoms with Crippen LogP contribution in [0.25, 0.3) is 0 Å². The molecule has 2 rings (SSSR count). The Bertz CT molecular complexity index is 480. The van der Waals surface area contributed by atoms with Crippen LogP contribution in [0.2, 0.25) is 0 Å². The molecule has 0 unspecified atom stereocenters. The Morgan fingerprint density at radius 2 is 2.05 bits per heavy atom. The minimum absolute atomic E-state index is 0.507. The van der Waals surface area contributed by atoms with Crippen molar-refractivity contribution in [3.63, 3.8) is 0 Å². The lowest BCUT2D eigenvalue weighted by molar-refractivity contribution is -0.930. The first-order valence-electron chi connectivity index (χ1n) is 7.38. The van der Waals surface area contributed by atoms with E-state index < -0.39 is 0 Å². The van der Waals surface area contributed by atoms with Gasteiger partial charge in [0.25, 0.3) is 0 Å². The number of likely N-dealkylation sites (N-methyl/N-ethyl adjacent to an activating group) is 1. The van der Waals surface area contributed by atoms with E-state index in [0.29, 0.717) is 12.0 Å². The van der Waals surface area contributed by atoms with Crippen molar-refractivity contribution >= 4 is 11.4 Å². The molecule has 108 valence electrons. The van der Waals surface area contributed by atoms with E-state index in [-0.39, 0.29) is 0 Å². The van der Waals surface area contributed by atoms with E-state index >= 15 is 0 Å². The zero-order valence-corrected chi connectivity index (χ0v) is 12.8. The second-order valence-corrected chi connectivity index (χ2v) is 6.17. The lowest BCUT2D eigenvalue weighted by atomic mass is 9.90. The van der Waals surface area contributed by atoms with Gasteiger partial charge in [-0.2, -0.15) is 5.10 Å². The number of hydrogen-bond acceptors (Lipinski definition) is 2. The molecule has 0 spiro atoms. The molecule has 3 heteroatoms. The van der Waals surface area contributed by atoms with Crippen molar-refractivity contribution in [2.75, 3.05) is 25.6 Å². The van der Waals surface area contributed by atoms with Crippen molar-refractivity contribution < 1.29 is 4.48 Å². The summed E-state index contributed by atoms with van der Waals surface area (Å²) < 4.78 is 1.06. The van der Waals surface area contributed by atoms with E-state index in [1.165, 1.54) is 5.71 Å². The predicted molar refractivity (Wildman–Crippen MR) is 86.9 cm³/mol. The van der Waals surface area contributed by atoms with E-state index in [0.717, 1.165) is 29.7 Å². The number of para-hydroxylation sites is 1. The SMILES string of the molecule is C=CC[N@+]1(C)C[C@H](C)/C(=N/Nc2ccccc2)C[C@@H]1C. The molecule has 0 amide bonds. The van der Waals surface area contributed by atoms with E-state index in [4.69, 9.17) is 0 Å². The second-order valence-electron chi connectivity index (χ2n) is 6.17. The smallest absolute Gasteiger partial charge is 0.0971 e. The summed E-state index contributed by atoms with van der Waals surface area (Å²) >= 11 is 0. The first kappa shape index (κ1) is 14.8. The highest BCUT2D eigenvalue weighted by atomic mass is 15.4. The Kier molecular flexibility index (Phi) is 4.61. The fourth-order valence-corrected chi connectivity index (χ4v) is 2.99. The summed E-state index contributed by atoms with van der Waals surface area (Å²) in [6.07, 6.45) is 3.08. The number of nitrogens with one attached hydrogen (secondary N) is 1. The number of hydrazone groups is 1. The highest BCUT2D eigenvalue weighted by Crippen LogP contribution is 2.26. The molecule has 1 heterocycles. The third-order valence-corrected chi connectivity index (χ3v) is 4.48. The van der Waals surface area contributed by atoms with Crippen LogP contribution >= 0.6 is 0 Å². The lowest BCUT2D eigenvalue weighted by Gasteiger charge is -2.45. The van der Waals surface area contributed by atoms with Gasteiger partial charge in [-0.05, 0) is 25.1 Å². The number of hydrogen-bond donors (Lipinski definition) is 1. The zero-order chi connectivity index (χ0) is 14.6. The summed E-state index contributed by atoms with van der Waals surface area (Å²) in [7, 11) is 2.32. The van der Waals surface area contributed by atoms with E-state index in [2.05, 4.69) is 38.0 Å². The van der Waals surface area contributed by atoms with Gasteiger partial charge >= 0.3 is 0 Å². The molecular formula is C17H26N3+. The Labute approximate surface area is 122 Å². The van der Waals surface area contributed by atoms with Crippen LogP contribution in [0.1, 0.15) is 20.3 Å². The van der Waals surface area contributed by atoms with Crippen LogP contribution in [0.3, 0.4) is 0 Å². The number of nitrogens with zero attached hydrogens (tertiary/aromatic N) is 2. The fraction of sp³-hybridized carbons (Fsp3) is 0.471. The van der Waals surface area contributed by atoms with Crippen LogP contribution in [0.4, 0.5) is 5.69 Å². The van der Waals surface area contributed by atoms with Gasteiger partial charge < -0.3 is 4.48 Å². The quantitative estimate of drug-likeness (QED) is 0.506. The van der Waals surface area contributed by atoms with E-state index in [9.17, 15) is 0 Å². The third-order valence-electron chi connectivity index (χ3n) is 4.48. The molecule has 1 aliphatic heterocycles. The van der Waals surface area contributed by atoms with E-state index in [1.54, 1.807) is 0 Å². The normalized spacial score (nSPS) is 32.0. The number of benzene rings is 1. The molecule has 1 aliphatic rings. The van der Waals surface area contributed by atoms with Crippen LogP contribution < -0.4 is 5.43 Å². The number of piperidine rings is 1. The van der Waals surface area contributed by atoms with Gasteiger partial charge in [-0.1, -0.05) is 31.7 Å². The van der Waals surface area contributed by atoms with Gasteiger partial charge in [-0.15, -0.1) is 0 Å². The minimum atomic E-state index is 0.507. The van der Waals surface area contributed by atoms with Crippen LogP contribution in [0.5, 0.6) is 0 Å². The van der Waals surface area contributed by atoms with Crippen molar-refractivity contribution in [2.45, 2.75) is 26.3 Å². The summed E-state index contributed by atoms with van der Waals surface area (Å²) in [4.78, 5) is 0. The number of rotatable bonds is 4. The number of likely N-dealkylation sites (tertiary alicyclic amines) is 1. The molecule has 0 radical (unpaired) electrons. The highest BCUT2D eigenvalue weighted by Gasteiger charge is 2.38. The van der Waals surface area contributed by atoms with Crippen LogP contribution in [0, 0.1) is 5.92 Å². The minimum Gasteiger partial charge on any atom is -0.320 e. The summed E-state index contributed by atoms with van der Waals surface area (Å²) in [5.74, 6) is 0.507. The van der Waals surface area contributed by atoms with Crippen molar-refractivity contribution in [3.05, 3.63) is 43.0 Å². The maximum Gasteiger partial charge on any atom is 0.0971 e. The van der Waals surface area contributed by atoms with Crippen molar-refractivity contribution in [3.8, 4) is 0 Å². The van der Waals surface area contributed by atoms with E-state index in [1.807, 2.05) is 36.4 Å². The predicted octanol–water partition coefficient (Wildman–Crippen LogP) is 3.52. The second kappa shape index (κ2) is 6.23. The lowest BCUT2D eigenvalue weighted by Crippen LogP contribution is -2.58. The maximum absolute atomic E-state index is 4.64. The van der Waals surface area contributed by atoms with Crippen molar-refractivity contribution in [1.82, 2.24) is 0 Å². The van der Waals surface area contributed by atoms with Gasteiger partial charge in [-0.3, -0.25) is 5.43 Å². The average Bonchev–Trinajstić information content (AvgIpc) is 2.43. The van der Waals surface area contributed by atoms with Gasteiger partial charge in [-0.25, -0.2) is 0 Å². The molecular weight excluding hydrogens is 246 g/mol. The monoisotopic (exact) mass is 272 g/mol. The summed E-state index contributed by atoms with van der Waals surface area (Å²) in [6, 6.07) is 10.7. The molecule has 1 fully saturated rings. The van der Waals surface area contributed by atoms with Crippen LogP contribution in [-0.2, 0) is 0 Å². The summed E-state index contributed by atoms with van der Waals surface area (Å²) in [5, 5.41) is 4.64. The molecule has 3 nitrogen and oxygen atoms in total. The average molecular weight is 272 g/mol. The molecule has 3 atom stereocenters. The molecule has 1 aromatic rings. The van der Waals surface area contributed by atoms with Gasteiger partial charge in [0.1, 0.15) is 0 Å². The third kappa shape index (κ3) is 3.28. The molecule has 0 aliphatic carbocycles. The highest BCUT2D eigenvalue weighted by molar-refractivity contribution is 5.88. The molecule has 0 bridgehead atoms. The number of anilines is 1. The molecule has 20 heavy (non-hydrogen) atoms. The molecule has 1 N–H and O–H groups in total. The summed E-state index contributed by atoms with van der Waals surface area (Å²) in [6.45, 7) is 10.6. The Balaban J connectivity index is 2.06. The number of quaternary nitrogens is 1. The van der Waals surface area contributed by atoms with Gasteiger partial charge in [0, 0.05) is 12.3 Å². The Morgan fingerprint density at radius 1 is 1.35 bits per heavy atom. The Morgan fingerprint density at radius 3 is 2.70 bits per heavy atom. The molecule has 0 saturated carbocycles. The van der Waals surface area contributed by atoms with Crippen LogP contribution in [-0.4, -0.2) is 36.4 Å². The van der Waals surface area contributed by atoms with Crippen LogP contribution in [0.15, 0.2) is 48.1 Å². The van der Waals surface area contributed by atoms with Gasteiger partial charge in [0.2, 0.25) is 0 Å². The molecule has 0 aromatic heterocycles. The molecule has 1 saturated heterocycles. The largest absolute Gasteiger partial charge is 0.320 e. The molecule has 1 aromatic carbocycles. The van der Waals surface area contributed by atoms with Gasteiger partial charge in [0.15, 0.2) is 0 Å². The fourth-order valence-electron chi connectivity index (χ4n) is 2.99. The first-order valence-corrected chi connectivity index (χ1v) is 7.38. The van der Waals surface area contributed by atoms with Gasteiger partial charge in [0.05, 0.1) is 37.6 Å². The topological polar surface area (TPSA) is 24.4 Å². The summed E-state index contributed by atoms with van der Waals surface area (Å²) in [5.41, 5.74) is 5.51. The Hall–Kier alpha value is -1.61. The first-order chi connectivity index (χ1) is 9.55.